The molecule has 2 aromatic heterocycles. The van der Waals surface area contributed by atoms with Crippen molar-refractivity contribution in [1.82, 2.24) is 8.96 Å². The molecule has 3 aromatic rings. The predicted molar refractivity (Wildman–Crippen MR) is 108 cm³/mol. The number of rotatable bonds is 3. The summed E-state index contributed by atoms with van der Waals surface area (Å²) in [6.45, 7) is 0.508. The fourth-order valence-corrected chi connectivity index (χ4v) is 5.73. The first-order valence-electron chi connectivity index (χ1n) is 9.47. The predicted octanol–water partition coefficient (Wildman–Crippen LogP) is 3.10. The molecule has 1 aliphatic carbocycles. The average molecular weight is 395 g/mol. The van der Waals surface area contributed by atoms with Crippen molar-refractivity contribution in [2.75, 3.05) is 6.61 Å². The zero-order valence-electron chi connectivity index (χ0n) is 15.3. The van der Waals surface area contributed by atoms with Crippen LogP contribution >= 0.6 is 0 Å². The van der Waals surface area contributed by atoms with Crippen LogP contribution in [0.25, 0.3) is 16.6 Å². The van der Waals surface area contributed by atoms with E-state index in [9.17, 15) is 8.42 Å². The number of hydrogen-bond acceptors (Lipinski definition) is 5. The highest BCUT2D eigenvalue weighted by Gasteiger charge is 2.29. The molecule has 1 aromatic carbocycles. The SMILES string of the molecule is NC1CC=C(c2cn(S(=O)(=O)c3cccc4c3CCO4)c3cccnc23)CC1. The Labute approximate surface area is 163 Å². The van der Waals surface area contributed by atoms with Gasteiger partial charge in [0.15, 0.2) is 0 Å². The molecule has 3 heterocycles. The zero-order chi connectivity index (χ0) is 19.3. The van der Waals surface area contributed by atoms with Gasteiger partial charge in [-0.3, -0.25) is 4.98 Å². The molecule has 6 nitrogen and oxygen atoms in total. The van der Waals surface area contributed by atoms with Crippen LogP contribution in [0, 0.1) is 0 Å². The summed E-state index contributed by atoms with van der Waals surface area (Å²) in [6, 6.07) is 8.94. The van der Waals surface area contributed by atoms with E-state index in [1.54, 1.807) is 36.7 Å². The number of allylic oxidation sites excluding steroid dienone is 1. The summed E-state index contributed by atoms with van der Waals surface area (Å²) in [5.74, 6) is 0.653. The van der Waals surface area contributed by atoms with Gasteiger partial charge in [0.05, 0.1) is 22.5 Å². The summed E-state index contributed by atoms with van der Waals surface area (Å²) in [7, 11) is -3.77. The zero-order valence-corrected chi connectivity index (χ0v) is 16.2. The highest BCUT2D eigenvalue weighted by Crippen LogP contribution is 2.36. The first-order valence-corrected chi connectivity index (χ1v) is 10.9. The van der Waals surface area contributed by atoms with Crippen molar-refractivity contribution < 1.29 is 13.2 Å². The maximum absolute atomic E-state index is 13.6. The van der Waals surface area contributed by atoms with Crippen molar-refractivity contribution in [3.8, 4) is 5.75 Å². The lowest BCUT2D eigenvalue weighted by Gasteiger charge is -2.17. The monoisotopic (exact) mass is 395 g/mol. The van der Waals surface area contributed by atoms with Crippen molar-refractivity contribution in [2.24, 2.45) is 5.73 Å². The average Bonchev–Trinajstić information content (AvgIpc) is 3.33. The molecule has 0 amide bonds. The second-order valence-corrected chi connectivity index (χ2v) is 9.09. The third-order valence-electron chi connectivity index (χ3n) is 5.56. The summed E-state index contributed by atoms with van der Waals surface area (Å²) < 4.78 is 34.1. The summed E-state index contributed by atoms with van der Waals surface area (Å²) in [4.78, 5) is 4.79. The summed E-state index contributed by atoms with van der Waals surface area (Å²) in [5, 5.41) is 0. The minimum atomic E-state index is -3.77. The van der Waals surface area contributed by atoms with Crippen molar-refractivity contribution in [3.63, 3.8) is 0 Å². The Morgan fingerprint density at radius 3 is 2.89 bits per heavy atom. The third-order valence-corrected chi connectivity index (χ3v) is 7.32. The van der Waals surface area contributed by atoms with Crippen molar-refractivity contribution >= 4 is 26.6 Å². The normalized spacial score (nSPS) is 19.3. The fraction of sp³-hybridized carbons (Fsp3) is 0.286. The Morgan fingerprint density at radius 2 is 2.07 bits per heavy atom. The van der Waals surface area contributed by atoms with Crippen LogP contribution in [-0.4, -0.2) is 30.0 Å². The van der Waals surface area contributed by atoms with Gasteiger partial charge in [0.25, 0.3) is 10.0 Å². The van der Waals surface area contributed by atoms with Gasteiger partial charge in [-0.2, -0.15) is 0 Å². The Kier molecular flexibility index (Phi) is 4.03. The van der Waals surface area contributed by atoms with Gasteiger partial charge in [0, 0.05) is 36.0 Å². The van der Waals surface area contributed by atoms with Crippen LogP contribution in [0.3, 0.4) is 0 Å². The van der Waals surface area contributed by atoms with E-state index in [0.29, 0.717) is 34.7 Å². The first kappa shape index (κ1) is 17.5. The third kappa shape index (κ3) is 2.65. The Bertz CT molecular complexity index is 1210. The lowest BCUT2D eigenvalue weighted by atomic mass is 9.92. The van der Waals surface area contributed by atoms with Gasteiger partial charge >= 0.3 is 0 Å². The van der Waals surface area contributed by atoms with Gasteiger partial charge in [-0.15, -0.1) is 0 Å². The maximum atomic E-state index is 13.6. The molecule has 0 radical (unpaired) electrons. The molecule has 1 atom stereocenters. The Balaban J connectivity index is 1.71. The largest absolute Gasteiger partial charge is 0.493 e. The van der Waals surface area contributed by atoms with Crippen molar-refractivity contribution in [1.29, 1.82) is 0 Å². The molecule has 28 heavy (non-hydrogen) atoms. The summed E-state index contributed by atoms with van der Waals surface area (Å²) in [6.07, 6.45) is 8.63. The van der Waals surface area contributed by atoms with Gasteiger partial charge < -0.3 is 10.5 Å². The van der Waals surface area contributed by atoms with Gasteiger partial charge in [0.1, 0.15) is 5.75 Å². The molecule has 144 valence electrons. The Morgan fingerprint density at radius 1 is 1.18 bits per heavy atom. The van der Waals surface area contributed by atoms with Crippen LogP contribution in [-0.2, 0) is 16.4 Å². The minimum absolute atomic E-state index is 0.167. The maximum Gasteiger partial charge on any atom is 0.268 e. The summed E-state index contributed by atoms with van der Waals surface area (Å²) in [5.41, 5.74) is 10.0. The van der Waals surface area contributed by atoms with Crippen LogP contribution in [0.5, 0.6) is 5.75 Å². The quantitative estimate of drug-likeness (QED) is 0.736. The molecular formula is C21H21N3O3S. The van der Waals surface area contributed by atoms with Crippen LogP contribution in [0.1, 0.15) is 30.4 Å². The van der Waals surface area contributed by atoms with E-state index in [4.69, 9.17) is 10.5 Å². The van der Waals surface area contributed by atoms with E-state index in [0.717, 1.165) is 36.0 Å². The van der Waals surface area contributed by atoms with Crippen LogP contribution < -0.4 is 10.5 Å². The lowest BCUT2D eigenvalue weighted by Crippen LogP contribution is -2.21. The number of aromatic nitrogens is 2. The van der Waals surface area contributed by atoms with E-state index in [1.165, 1.54) is 3.97 Å². The molecule has 0 saturated carbocycles. The van der Waals surface area contributed by atoms with E-state index >= 15 is 0 Å². The van der Waals surface area contributed by atoms with Crippen LogP contribution in [0.2, 0.25) is 0 Å². The molecular weight excluding hydrogens is 374 g/mol. The fourth-order valence-electron chi connectivity index (χ4n) is 4.10. The molecule has 0 fully saturated rings. The number of benzene rings is 1. The molecule has 1 unspecified atom stereocenters. The molecule has 0 saturated heterocycles. The van der Waals surface area contributed by atoms with Gasteiger partial charge in [-0.25, -0.2) is 12.4 Å². The highest BCUT2D eigenvalue weighted by atomic mass is 32.2. The molecule has 2 aliphatic rings. The van der Waals surface area contributed by atoms with E-state index < -0.39 is 10.0 Å². The van der Waals surface area contributed by atoms with E-state index in [-0.39, 0.29) is 6.04 Å². The number of fused-ring (bicyclic) bond motifs is 2. The van der Waals surface area contributed by atoms with Gasteiger partial charge in [0.2, 0.25) is 0 Å². The standard InChI is InChI=1S/C21H21N3O3S/c22-15-8-6-14(7-9-15)17-13-24(18-3-2-11-23-21(17)18)28(25,26)20-5-1-4-19-16(20)10-12-27-19/h1-6,11,13,15H,7-10,12,22H2. The first-order chi connectivity index (χ1) is 13.6. The molecule has 2 N–H and O–H groups in total. The summed E-state index contributed by atoms with van der Waals surface area (Å²) >= 11 is 0. The highest BCUT2D eigenvalue weighted by molar-refractivity contribution is 7.90. The molecule has 0 bridgehead atoms. The molecule has 7 heteroatoms. The number of nitrogens with two attached hydrogens (primary N) is 1. The topological polar surface area (TPSA) is 87.2 Å². The second kappa shape index (κ2) is 6.46. The van der Waals surface area contributed by atoms with Crippen molar-refractivity contribution in [2.45, 2.75) is 36.6 Å². The lowest BCUT2D eigenvalue weighted by molar-refractivity contribution is 0.357. The molecule has 0 spiro atoms. The number of ether oxygens (including phenoxy) is 1. The smallest absolute Gasteiger partial charge is 0.268 e. The minimum Gasteiger partial charge on any atom is -0.493 e. The van der Waals surface area contributed by atoms with Crippen molar-refractivity contribution in [3.05, 3.63) is 59.9 Å². The van der Waals surface area contributed by atoms with Crippen LogP contribution in [0.4, 0.5) is 0 Å². The number of nitrogens with zero attached hydrogens (tertiary/aromatic N) is 2. The number of hydrogen-bond donors (Lipinski definition) is 1. The Hall–Kier alpha value is -2.64. The number of pyridine rings is 1. The van der Waals surface area contributed by atoms with E-state index in [1.807, 2.05) is 6.07 Å². The second-order valence-electron chi connectivity index (χ2n) is 7.31. The van der Waals surface area contributed by atoms with E-state index in [2.05, 4.69) is 11.1 Å². The van der Waals surface area contributed by atoms with Crippen LogP contribution in [0.15, 0.2) is 53.7 Å². The van der Waals surface area contributed by atoms with Gasteiger partial charge in [-0.05, 0) is 49.1 Å². The van der Waals surface area contributed by atoms with Gasteiger partial charge in [-0.1, -0.05) is 12.1 Å². The molecule has 5 rings (SSSR count). The molecule has 1 aliphatic heterocycles.